The summed E-state index contributed by atoms with van der Waals surface area (Å²) in [6.07, 6.45) is 3.32. The molecule has 6 heteroatoms. The van der Waals surface area contributed by atoms with Crippen LogP contribution in [0.15, 0.2) is 59.4 Å². The lowest BCUT2D eigenvalue weighted by molar-refractivity contribution is 0.413. The third kappa shape index (κ3) is 2.50. The number of aromatic nitrogens is 4. The van der Waals surface area contributed by atoms with Gasteiger partial charge in [0.25, 0.3) is 5.89 Å². The minimum atomic E-state index is 0.443. The van der Waals surface area contributed by atoms with Gasteiger partial charge in [-0.2, -0.15) is 4.98 Å². The van der Waals surface area contributed by atoms with Crippen LogP contribution in [0.3, 0.4) is 0 Å². The van der Waals surface area contributed by atoms with Gasteiger partial charge in [0.15, 0.2) is 0 Å². The third-order valence-electron chi connectivity index (χ3n) is 3.47. The summed E-state index contributed by atoms with van der Waals surface area (Å²) in [7, 11) is 1.62. The summed E-state index contributed by atoms with van der Waals surface area (Å²) < 4.78 is 10.6. The highest BCUT2D eigenvalue weighted by Gasteiger charge is 2.12. The number of rotatable bonds is 3. The molecule has 0 aliphatic heterocycles. The Labute approximate surface area is 131 Å². The lowest BCUT2D eigenvalue weighted by Crippen LogP contribution is -1.86. The van der Waals surface area contributed by atoms with Crippen LogP contribution in [0.25, 0.3) is 33.9 Å². The second-order valence-electron chi connectivity index (χ2n) is 4.91. The SMILES string of the molecule is COc1cccc(-c2nc(-c3ccc4nccnc4c3)no2)c1. The Morgan fingerprint density at radius 2 is 1.78 bits per heavy atom. The molecule has 6 nitrogen and oxygen atoms in total. The van der Waals surface area contributed by atoms with Crippen LogP contribution in [0.2, 0.25) is 0 Å². The maximum atomic E-state index is 5.36. The van der Waals surface area contributed by atoms with Crippen LogP contribution in [0.5, 0.6) is 5.75 Å². The fourth-order valence-corrected chi connectivity index (χ4v) is 2.32. The number of nitrogens with zero attached hydrogens (tertiary/aromatic N) is 4. The number of ether oxygens (including phenoxy) is 1. The molecule has 0 N–H and O–H groups in total. The zero-order valence-corrected chi connectivity index (χ0v) is 12.3. The Morgan fingerprint density at radius 3 is 2.65 bits per heavy atom. The maximum Gasteiger partial charge on any atom is 0.258 e. The highest BCUT2D eigenvalue weighted by molar-refractivity contribution is 5.79. The predicted octanol–water partition coefficient (Wildman–Crippen LogP) is 3.36. The molecule has 112 valence electrons. The topological polar surface area (TPSA) is 73.9 Å². The largest absolute Gasteiger partial charge is 0.497 e. The minimum Gasteiger partial charge on any atom is -0.497 e. The van der Waals surface area contributed by atoms with Crippen LogP contribution >= 0.6 is 0 Å². The van der Waals surface area contributed by atoms with Crippen LogP contribution in [0, 0.1) is 0 Å². The Balaban J connectivity index is 1.73. The molecule has 0 unspecified atom stereocenters. The van der Waals surface area contributed by atoms with E-state index in [-0.39, 0.29) is 0 Å². The van der Waals surface area contributed by atoms with Gasteiger partial charge >= 0.3 is 0 Å². The van der Waals surface area contributed by atoms with E-state index in [9.17, 15) is 0 Å². The first-order valence-corrected chi connectivity index (χ1v) is 7.03. The molecule has 0 fully saturated rings. The summed E-state index contributed by atoms with van der Waals surface area (Å²) in [5, 5.41) is 4.05. The summed E-state index contributed by atoms with van der Waals surface area (Å²) >= 11 is 0. The average Bonchev–Trinajstić information content (AvgIpc) is 3.11. The number of hydrogen-bond donors (Lipinski definition) is 0. The molecule has 2 aromatic carbocycles. The van der Waals surface area contributed by atoms with Crippen molar-refractivity contribution in [2.45, 2.75) is 0 Å². The first kappa shape index (κ1) is 13.4. The number of hydrogen-bond acceptors (Lipinski definition) is 6. The molecule has 0 aliphatic rings. The maximum absolute atomic E-state index is 5.36. The van der Waals surface area contributed by atoms with E-state index in [1.54, 1.807) is 19.5 Å². The minimum absolute atomic E-state index is 0.443. The molecule has 2 heterocycles. The van der Waals surface area contributed by atoms with E-state index in [2.05, 4.69) is 20.1 Å². The van der Waals surface area contributed by atoms with Crippen molar-refractivity contribution in [1.82, 2.24) is 20.1 Å². The summed E-state index contributed by atoms with van der Waals surface area (Å²) in [4.78, 5) is 13.0. The van der Waals surface area contributed by atoms with E-state index in [4.69, 9.17) is 9.26 Å². The fraction of sp³-hybridized carbons (Fsp3) is 0.0588. The Kier molecular flexibility index (Phi) is 3.20. The van der Waals surface area contributed by atoms with Gasteiger partial charge in [-0.25, -0.2) is 0 Å². The first-order valence-electron chi connectivity index (χ1n) is 7.03. The van der Waals surface area contributed by atoms with Gasteiger partial charge in [-0.15, -0.1) is 0 Å². The zero-order chi connectivity index (χ0) is 15.6. The second-order valence-corrected chi connectivity index (χ2v) is 4.91. The van der Waals surface area contributed by atoms with Crippen molar-refractivity contribution in [3.05, 3.63) is 54.9 Å². The molecule has 2 aromatic heterocycles. The molecule has 4 rings (SSSR count). The Bertz CT molecular complexity index is 981. The second kappa shape index (κ2) is 5.49. The van der Waals surface area contributed by atoms with E-state index < -0.39 is 0 Å². The van der Waals surface area contributed by atoms with Gasteiger partial charge in [-0.05, 0) is 36.4 Å². The van der Waals surface area contributed by atoms with E-state index in [0.717, 1.165) is 27.9 Å². The van der Waals surface area contributed by atoms with Crippen molar-refractivity contribution in [3.8, 4) is 28.6 Å². The first-order chi connectivity index (χ1) is 11.3. The molecule has 0 atom stereocenters. The lowest BCUT2D eigenvalue weighted by Gasteiger charge is -2.00. The lowest BCUT2D eigenvalue weighted by atomic mass is 10.2. The van der Waals surface area contributed by atoms with Crippen LogP contribution < -0.4 is 4.74 Å². The summed E-state index contributed by atoms with van der Waals surface area (Å²) in [5.74, 6) is 1.69. The monoisotopic (exact) mass is 304 g/mol. The summed E-state index contributed by atoms with van der Waals surface area (Å²) in [6.45, 7) is 0. The molecular weight excluding hydrogens is 292 g/mol. The molecule has 23 heavy (non-hydrogen) atoms. The smallest absolute Gasteiger partial charge is 0.258 e. The molecule has 0 bridgehead atoms. The van der Waals surface area contributed by atoms with Crippen molar-refractivity contribution in [1.29, 1.82) is 0 Å². The van der Waals surface area contributed by atoms with Crippen molar-refractivity contribution >= 4 is 11.0 Å². The van der Waals surface area contributed by atoms with Crippen LogP contribution in [-0.4, -0.2) is 27.2 Å². The van der Waals surface area contributed by atoms with Gasteiger partial charge in [0.1, 0.15) is 5.75 Å². The van der Waals surface area contributed by atoms with Crippen molar-refractivity contribution in [3.63, 3.8) is 0 Å². The number of methoxy groups -OCH3 is 1. The molecule has 4 aromatic rings. The highest BCUT2D eigenvalue weighted by Crippen LogP contribution is 2.26. The molecule has 0 spiro atoms. The Hall–Kier alpha value is -3.28. The average molecular weight is 304 g/mol. The van der Waals surface area contributed by atoms with Crippen molar-refractivity contribution < 1.29 is 9.26 Å². The van der Waals surface area contributed by atoms with Gasteiger partial charge in [0.05, 0.1) is 18.1 Å². The van der Waals surface area contributed by atoms with Crippen molar-refractivity contribution in [2.24, 2.45) is 0 Å². The normalized spacial score (nSPS) is 10.8. The zero-order valence-electron chi connectivity index (χ0n) is 12.3. The third-order valence-corrected chi connectivity index (χ3v) is 3.47. The van der Waals surface area contributed by atoms with E-state index >= 15 is 0 Å². The standard InChI is InChI=1S/C17H12N4O2/c1-22-13-4-2-3-12(9-13)17-20-16(21-23-17)11-5-6-14-15(10-11)19-8-7-18-14/h2-10H,1H3. The predicted molar refractivity (Wildman–Crippen MR) is 84.8 cm³/mol. The van der Waals surface area contributed by atoms with Crippen molar-refractivity contribution in [2.75, 3.05) is 7.11 Å². The van der Waals surface area contributed by atoms with E-state index in [1.165, 1.54) is 0 Å². The van der Waals surface area contributed by atoms with Gasteiger partial charge in [-0.3, -0.25) is 9.97 Å². The van der Waals surface area contributed by atoms with E-state index in [0.29, 0.717) is 11.7 Å². The quantitative estimate of drug-likeness (QED) is 0.578. The van der Waals surface area contributed by atoms with Crippen LogP contribution in [-0.2, 0) is 0 Å². The van der Waals surface area contributed by atoms with Crippen LogP contribution in [0.4, 0.5) is 0 Å². The molecule has 0 saturated heterocycles. The van der Waals surface area contributed by atoms with Gasteiger partial charge in [0.2, 0.25) is 5.82 Å². The molecule has 0 amide bonds. The molecule has 0 saturated carbocycles. The molecule has 0 aliphatic carbocycles. The summed E-state index contributed by atoms with van der Waals surface area (Å²) in [6, 6.07) is 13.2. The Morgan fingerprint density at radius 1 is 0.913 bits per heavy atom. The highest BCUT2D eigenvalue weighted by atomic mass is 16.5. The van der Waals surface area contributed by atoms with Gasteiger partial charge < -0.3 is 9.26 Å². The van der Waals surface area contributed by atoms with E-state index in [1.807, 2.05) is 42.5 Å². The molecular formula is C17H12N4O2. The summed E-state index contributed by atoms with van der Waals surface area (Å²) in [5.41, 5.74) is 3.25. The van der Waals surface area contributed by atoms with Gasteiger partial charge in [-0.1, -0.05) is 11.2 Å². The van der Waals surface area contributed by atoms with Gasteiger partial charge in [0, 0.05) is 23.5 Å². The molecule has 0 radical (unpaired) electrons. The van der Waals surface area contributed by atoms with Crippen LogP contribution in [0.1, 0.15) is 0 Å². The number of fused-ring (bicyclic) bond motifs is 1. The fourth-order valence-electron chi connectivity index (χ4n) is 2.32. The number of benzene rings is 2.